The van der Waals surface area contributed by atoms with Crippen molar-refractivity contribution >= 4 is 17.5 Å². The predicted molar refractivity (Wildman–Crippen MR) is 79.8 cm³/mol. The number of benzene rings is 1. The van der Waals surface area contributed by atoms with Gasteiger partial charge in [-0.1, -0.05) is 37.3 Å². The number of hydrogen-bond donors (Lipinski definition) is 3. The Kier molecular flexibility index (Phi) is 4.62. The van der Waals surface area contributed by atoms with Crippen LogP contribution in [0.25, 0.3) is 0 Å². The lowest BCUT2D eigenvalue weighted by Gasteiger charge is -2.13. The van der Waals surface area contributed by atoms with Crippen LogP contribution >= 0.6 is 0 Å². The number of hydrogen-bond acceptors (Lipinski definition) is 7. The van der Waals surface area contributed by atoms with Gasteiger partial charge in [0, 0.05) is 6.54 Å². The van der Waals surface area contributed by atoms with Gasteiger partial charge in [-0.3, -0.25) is 15.5 Å². The first-order chi connectivity index (χ1) is 10.1. The summed E-state index contributed by atoms with van der Waals surface area (Å²) in [6, 6.07) is 9.87. The maximum absolute atomic E-state index is 11.0. The molecule has 0 aliphatic rings. The van der Waals surface area contributed by atoms with Crippen molar-refractivity contribution in [1.29, 1.82) is 0 Å². The van der Waals surface area contributed by atoms with Crippen molar-refractivity contribution in [2.24, 2.45) is 5.84 Å². The van der Waals surface area contributed by atoms with Gasteiger partial charge in [0.1, 0.15) is 6.20 Å². The van der Waals surface area contributed by atoms with Crippen molar-refractivity contribution in [3.63, 3.8) is 0 Å². The molecule has 0 bridgehead atoms. The summed E-state index contributed by atoms with van der Waals surface area (Å²) in [6.45, 7) is 2.53. The molecule has 0 radical (unpaired) electrons. The molecule has 0 spiro atoms. The van der Waals surface area contributed by atoms with E-state index in [0.29, 0.717) is 6.54 Å². The van der Waals surface area contributed by atoms with Gasteiger partial charge in [-0.2, -0.15) is 4.98 Å². The second-order valence-electron chi connectivity index (χ2n) is 4.52. The maximum atomic E-state index is 11.0. The minimum Gasteiger partial charge on any atom is -0.364 e. The maximum Gasteiger partial charge on any atom is 0.329 e. The fourth-order valence-corrected chi connectivity index (χ4v) is 1.86. The molecular weight excluding hydrogens is 272 g/mol. The number of aromatic nitrogens is 2. The van der Waals surface area contributed by atoms with Gasteiger partial charge in [-0.05, 0) is 11.5 Å². The average molecular weight is 288 g/mol. The van der Waals surface area contributed by atoms with E-state index in [9.17, 15) is 10.1 Å². The molecule has 21 heavy (non-hydrogen) atoms. The molecule has 2 rings (SSSR count). The van der Waals surface area contributed by atoms with Crippen LogP contribution in [0.5, 0.6) is 0 Å². The van der Waals surface area contributed by atoms with E-state index in [-0.39, 0.29) is 23.4 Å². The van der Waals surface area contributed by atoms with Gasteiger partial charge in [-0.15, -0.1) is 0 Å². The molecule has 1 atom stereocenters. The summed E-state index contributed by atoms with van der Waals surface area (Å²) in [5.74, 6) is 5.66. The largest absolute Gasteiger partial charge is 0.364 e. The van der Waals surface area contributed by atoms with Gasteiger partial charge >= 0.3 is 5.69 Å². The summed E-state index contributed by atoms with van der Waals surface area (Å²) in [4.78, 5) is 18.2. The van der Waals surface area contributed by atoms with Crippen molar-refractivity contribution in [1.82, 2.24) is 9.97 Å². The van der Waals surface area contributed by atoms with Crippen molar-refractivity contribution in [3.05, 3.63) is 52.2 Å². The molecule has 0 saturated carbocycles. The third-order valence-corrected chi connectivity index (χ3v) is 3.04. The minimum absolute atomic E-state index is 0.121. The van der Waals surface area contributed by atoms with Crippen molar-refractivity contribution in [2.45, 2.75) is 12.8 Å². The number of nitrogens with one attached hydrogen (secondary N) is 2. The Labute approximate surface area is 121 Å². The van der Waals surface area contributed by atoms with Crippen LogP contribution in [0.3, 0.4) is 0 Å². The van der Waals surface area contributed by atoms with Crippen LogP contribution in [0.2, 0.25) is 0 Å². The van der Waals surface area contributed by atoms with E-state index >= 15 is 0 Å². The molecule has 1 unspecified atom stereocenters. The van der Waals surface area contributed by atoms with Crippen LogP contribution in [0.4, 0.5) is 17.5 Å². The smallest absolute Gasteiger partial charge is 0.329 e. The molecule has 1 aromatic heterocycles. The zero-order valence-corrected chi connectivity index (χ0v) is 11.5. The molecule has 0 fully saturated rings. The first-order valence-electron chi connectivity index (χ1n) is 6.38. The molecule has 0 amide bonds. The Balaban J connectivity index is 2.13. The third-order valence-electron chi connectivity index (χ3n) is 3.04. The highest BCUT2D eigenvalue weighted by Crippen LogP contribution is 2.23. The van der Waals surface area contributed by atoms with E-state index < -0.39 is 4.92 Å². The zero-order chi connectivity index (χ0) is 15.2. The topological polar surface area (TPSA) is 119 Å². The van der Waals surface area contributed by atoms with Crippen LogP contribution in [-0.2, 0) is 0 Å². The van der Waals surface area contributed by atoms with Gasteiger partial charge in [-0.25, -0.2) is 10.8 Å². The SMILES string of the molecule is CC(CNc1nc(NN)ncc1[N+](=O)[O-])c1ccccc1. The average Bonchev–Trinajstić information content (AvgIpc) is 2.52. The Bertz CT molecular complexity index is 619. The Morgan fingerprint density at radius 2 is 2.10 bits per heavy atom. The van der Waals surface area contributed by atoms with Crippen molar-refractivity contribution in [3.8, 4) is 0 Å². The van der Waals surface area contributed by atoms with Crippen molar-refractivity contribution in [2.75, 3.05) is 17.3 Å². The second-order valence-corrected chi connectivity index (χ2v) is 4.52. The van der Waals surface area contributed by atoms with Crippen LogP contribution in [0, 0.1) is 10.1 Å². The van der Waals surface area contributed by atoms with E-state index in [4.69, 9.17) is 5.84 Å². The second kappa shape index (κ2) is 6.62. The summed E-state index contributed by atoms with van der Waals surface area (Å²) < 4.78 is 0. The van der Waals surface area contributed by atoms with Crippen LogP contribution < -0.4 is 16.6 Å². The van der Waals surface area contributed by atoms with Gasteiger partial charge < -0.3 is 5.32 Å². The summed E-state index contributed by atoms with van der Waals surface area (Å²) in [5, 5.41) is 13.9. The standard InChI is InChI=1S/C13H16N6O2/c1-9(10-5-3-2-4-6-10)7-15-12-11(19(20)21)8-16-13(17-12)18-14/h2-6,8-9H,7,14H2,1H3,(H2,15,16,17,18). The third kappa shape index (κ3) is 3.63. The van der Waals surface area contributed by atoms with E-state index in [1.165, 1.54) is 0 Å². The van der Waals surface area contributed by atoms with Gasteiger partial charge in [0.05, 0.1) is 4.92 Å². The first kappa shape index (κ1) is 14.7. The number of rotatable bonds is 6. The highest BCUT2D eigenvalue weighted by Gasteiger charge is 2.17. The molecule has 4 N–H and O–H groups in total. The fourth-order valence-electron chi connectivity index (χ4n) is 1.86. The van der Waals surface area contributed by atoms with Crippen LogP contribution in [0.15, 0.2) is 36.5 Å². The van der Waals surface area contributed by atoms with Gasteiger partial charge in [0.25, 0.3) is 0 Å². The van der Waals surface area contributed by atoms with Crippen LogP contribution in [-0.4, -0.2) is 21.4 Å². The monoisotopic (exact) mass is 288 g/mol. The highest BCUT2D eigenvalue weighted by atomic mass is 16.6. The van der Waals surface area contributed by atoms with Gasteiger partial charge in [0.2, 0.25) is 11.8 Å². The summed E-state index contributed by atoms with van der Waals surface area (Å²) in [6.07, 6.45) is 1.12. The van der Waals surface area contributed by atoms with E-state index in [2.05, 4.69) is 20.7 Å². The molecule has 0 saturated heterocycles. The lowest BCUT2D eigenvalue weighted by Crippen LogP contribution is -2.15. The summed E-state index contributed by atoms with van der Waals surface area (Å²) >= 11 is 0. The number of nitrogens with zero attached hydrogens (tertiary/aromatic N) is 3. The molecule has 8 nitrogen and oxygen atoms in total. The van der Waals surface area contributed by atoms with E-state index in [1.807, 2.05) is 37.3 Å². The fraction of sp³-hybridized carbons (Fsp3) is 0.231. The summed E-state index contributed by atoms with van der Waals surface area (Å²) in [5.41, 5.74) is 3.22. The highest BCUT2D eigenvalue weighted by molar-refractivity contribution is 5.57. The zero-order valence-electron chi connectivity index (χ0n) is 11.5. The molecule has 1 aromatic carbocycles. The predicted octanol–water partition coefficient (Wildman–Crippen LogP) is 1.89. The lowest BCUT2D eigenvalue weighted by molar-refractivity contribution is -0.384. The molecule has 110 valence electrons. The Hall–Kier alpha value is -2.74. The molecule has 2 aromatic rings. The first-order valence-corrected chi connectivity index (χ1v) is 6.38. The molecule has 0 aliphatic heterocycles. The molecule has 1 heterocycles. The number of nitrogens with two attached hydrogens (primary N) is 1. The quantitative estimate of drug-likeness (QED) is 0.422. The number of hydrazine groups is 1. The van der Waals surface area contributed by atoms with E-state index in [1.54, 1.807) is 0 Å². The number of nitro groups is 1. The number of nitrogen functional groups attached to an aromatic ring is 1. The summed E-state index contributed by atoms with van der Waals surface area (Å²) in [7, 11) is 0. The van der Waals surface area contributed by atoms with Crippen LogP contribution in [0.1, 0.15) is 18.4 Å². The molecular formula is C13H16N6O2. The lowest BCUT2D eigenvalue weighted by atomic mass is 10.0. The van der Waals surface area contributed by atoms with E-state index in [0.717, 1.165) is 11.8 Å². The Morgan fingerprint density at radius 3 is 2.71 bits per heavy atom. The minimum atomic E-state index is -0.532. The Morgan fingerprint density at radius 1 is 1.38 bits per heavy atom. The molecule has 8 heteroatoms. The van der Waals surface area contributed by atoms with Gasteiger partial charge in [0.15, 0.2) is 0 Å². The normalized spacial score (nSPS) is 11.7. The molecule has 0 aliphatic carbocycles. The van der Waals surface area contributed by atoms with Crippen molar-refractivity contribution < 1.29 is 4.92 Å². The number of anilines is 2.